The Morgan fingerprint density at radius 1 is 0.667 bits per heavy atom. The summed E-state index contributed by atoms with van der Waals surface area (Å²) in [6.45, 7) is 0. The zero-order chi connectivity index (χ0) is 21.8. The monoisotopic (exact) mass is 426 g/mol. The van der Waals surface area contributed by atoms with Crippen LogP contribution in [-0.4, -0.2) is 19.1 Å². The Labute approximate surface area is 189 Å². The number of pyridine rings is 1. The van der Waals surface area contributed by atoms with Gasteiger partial charge in [0.25, 0.3) is 0 Å². The summed E-state index contributed by atoms with van der Waals surface area (Å²) in [5.41, 5.74) is 3.23. The maximum atomic E-state index is 6.37. The van der Waals surface area contributed by atoms with Crippen molar-refractivity contribution in [3.8, 4) is 23.0 Å². The quantitative estimate of drug-likeness (QED) is 0.293. The molecule has 5 heteroatoms. The first-order valence-corrected chi connectivity index (χ1v) is 10.8. The third-order valence-corrected chi connectivity index (χ3v) is 6.10. The molecule has 5 nitrogen and oxygen atoms in total. The minimum atomic E-state index is 0.772. The highest BCUT2D eigenvalue weighted by Gasteiger charge is 2.18. The van der Waals surface area contributed by atoms with Crippen molar-refractivity contribution in [2.45, 2.75) is 0 Å². The molecule has 0 bridgehead atoms. The van der Waals surface area contributed by atoms with E-state index in [1.54, 1.807) is 12.5 Å². The van der Waals surface area contributed by atoms with Gasteiger partial charge < -0.3 is 9.30 Å². The van der Waals surface area contributed by atoms with Crippen LogP contribution in [0, 0.1) is 0 Å². The predicted octanol–water partition coefficient (Wildman–Crippen LogP) is 6.75. The van der Waals surface area contributed by atoms with Gasteiger partial charge in [0.05, 0.1) is 23.0 Å². The molecule has 3 heterocycles. The molecule has 33 heavy (non-hydrogen) atoms. The van der Waals surface area contributed by atoms with E-state index in [9.17, 15) is 0 Å². The van der Waals surface area contributed by atoms with E-state index in [2.05, 4.69) is 57.0 Å². The first kappa shape index (κ1) is 18.0. The molecule has 0 saturated carbocycles. The van der Waals surface area contributed by atoms with E-state index in [-0.39, 0.29) is 0 Å². The molecule has 156 valence electrons. The van der Waals surface area contributed by atoms with Crippen LogP contribution in [0.15, 0.2) is 110 Å². The van der Waals surface area contributed by atoms with Crippen LogP contribution in [0.3, 0.4) is 0 Å². The van der Waals surface area contributed by atoms with Crippen molar-refractivity contribution in [1.29, 1.82) is 0 Å². The molecule has 0 unspecified atom stereocenters. The molecule has 3 aromatic heterocycles. The SMILES string of the molecule is c1ccc(-n2c3cccc4ccc5cc(Oc6cccc(-n7ccnc7)c6)cc2c5c43)nc1. The second kappa shape index (κ2) is 6.93. The number of ether oxygens (including phenoxy) is 1. The van der Waals surface area contributed by atoms with E-state index in [4.69, 9.17) is 4.74 Å². The van der Waals surface area contributed by atoms with Crippen molar-refractivity contribution >= 4 is 32.6 Å². The third-order valence-electron chi connectivity index (χ3n) is 6.10. The molecular formula is C28H18N4O. The summed E-state index contributed by atoms with van der Waals surface area (Å²) in [6, 6.07) is 29.0. The number of rotatable bonds is 4. The van der Waals surface area contributed by atoms with Gasteiger partial charge in [-0.3, -0.25) is 4.57 Å². The molecule has 0 aliphatic heterocycles. The van der Waals surface area contributed by atoms with Gasteiger partial charge in [0.2, 0.25) is 0 Å². The normalized spacial score (nSPS) is 11.6. The minimum absolute atomic E-state index is 0.772. The molecule has 0 fully saturated rings. The van der Waals surface area contributed by atoms with E-state index in [0.29, 0.717) is 0 Å². The average molecular weight is 426 g/mol. The van der Waals surface area contributed by atoms with Gasteiger partial charge in [-0.05, 0) is 47.2 Å². The maximum absolute atomic E-state index is 6.37. The van der Waals surface area contributed by atoms with Gasteiger partial charge in [-0.1, -0.05) is 36.4 Å². The van der Waals surface area contributed by atoms with Gasteiger partial charge in [-0.25, -0.2) is 9.97 Å². The maximum Gasteiger partial charge on any atom is 0.137 e. The van der Waals surface area contributed by atoms with Crippen LogP contribution in [0.5, 0.6) is 11.5 Å². The van der Waals surface area contributed by atoms with Gasteiger partial charge in [-0.2, -0.15) is 0 Å². The fourth-order valence-electron chi connectivity index (χ4n) is 4.71. The number of aromatic nitrogens is 4. The summed E-state index contributed by atoms with van der Waals surface area (Å²) < 4.78 is 10.6. The van der Waals surface area contributed by atoms with Gasteiger partial charge in [-0.15, -0.1) is 0 Å². The summed E-state index contributed by atoms with van der Waals surface area (Å²) in [5.74, 6) is 2.45. The van der Waals surface area contributed by atoms with Crippen LogP contribution >= 0.6 is 0 Å². The lowest BCUT2D eigenvalue weighted by atomic mass is 10.0. The van der Waals surface area contributed by atoms with Crippen LogP contribution in [0.25, 0.3) is 44.1 Å². The molecule has 4 aromatic carbocycles. The van der Waals surface area contributed by atoms with E-state index in [0.717, 1.165) is 39.4 Å². The van der Waals surface area contributed by atoms with Crippen molar-refractivity contribution in [3.05, 3.63) is 110 Å². The van der Waals surface area contributed by atoms with Gasteiger partial charge in [0, 0.05) is 41.5 Å². The molecule has 0 saturated heterocycles. The Balaban J connectivity index is 1.44. The fourth-order valence-corrected chi connectivity index (χ4v) is 4.71. The van der Waals surface area contributed by atoms with Crippen molar-refractivity contribution < 1.29 is 4.74 Å². The summed E-state index contributed by atoms with van der Waals surface area (Å²) >= 11 is 0. The van der Waals surface area contributed by atoms with E-state index < -0.39 is 0 Å². The van der Waals surface area contributed by atoms with E-state index >= 15 is 0 Å². The highest BCUT2D eigenvalue weighted by atomic mass is 16.5. The van der Waals surface area contributed by atoms with Crippen LogP contribution in [0.4, 0.5) is 0 Å². The Hall–Kier alpha value is -4.64. The second-order valence-corrected chi connectivity index (χ2v) is 8.07. The molecule has 0 spiro atoms. The standard InChI is InChI=1S/C28H18N4O/c1-2-12-30-26(9-1)32-24-8-3-5-19-10-11-20-15-23(17-25(32)28(20)27(19)24)33-22-7-4-6-21(16-22)31-14-13-29-18-31/h1-18H. The number of benzene rings is 4. The molecule has 0 radical (unpaired) electrons. The van der Waals surface area contributed by atoms with Crippen LogP contribution in [0.1, 0.15) is 0 Å². The largest absolute Gasteiger partial charge is 0.457 e. The fraction of sp³-hybridized carbons (Fsp3) is 0. The van der Waals surface area contributed by atoms with Crippen molar-refractivity contribution in [2.24, 2.45) is 0 Å². The lowest BCUT2D eigenvalue weighted by Crippen LogP contribution is -1.96. The molecule has 0 amide bonds. The Bertz CT molecular complexity index is 1730. The van der Waals surface area contributed by atoms with Gasteiger partial charge in [0.1, 0.15) is 17.3 Å². The summed E-state index contributed by atoms with van der Waals surface area (Å²) in [7, 11) is 0. The highest BCUT2D eigenvalue weighted by Crippen LogP contribution is 2.41. The van der Waals surface area contributed by atoms with Crippen LogP contribution < -0.4 is 4.74 Å². The first-order valence-electron chi connectivity index (χ1n) is 10.8. The molecule has 7 rings (SSSR count). The number of hydrogen-bond donors (Lipinski definition) is 0. The second-order valence-electron chi connectivity index (χ2n) is 8.07. The summed E-state index contributed by atoms with van der Waals surface area (Å²) in [5, 5.41) is 4.85. The average Bonchev–Trinajstić information content (AvgIpc) is 3.51. The smallest absolute Gasteiger partial charge is 0.137 e. The van der Waals surface area contributed by atoms with E-state index in [1.165, 1.54) is 16.2 Å². The zero-order valence-corrected chi connectivity index (χ0v) is 17.6. The molecule has 7 aromatic rings. The predicted molar refractivity (Wildman–Crippen MR) is 131 cm³/mol. The number of nitrogens with zero attached hydrogens (tertiary/aromatic N) is 4. The molecule has 0 N–H and O–H groups in total. The van der Waals surface area contributed by atoms with Crippen molar-refractivity contribution in [3.63, 3.8) is 0 Å². The first-order chi connectivity index (χ1) is 16.3. The van der Waals surface area contributed by atoms with Crippen molar-refractivity contribution in [1.82, 2.24) is 19.1 Å². The lowest BCUT2D eigenvalue weighted by Gasteiger charge is -2.11. The Morgan fingerprint density at radius 2 is 1.58 bits per heavy atom. The summed E-state index contributed by atoms with van der Waals surface area (Å²) in [4.78, 5) is 8.79. The Kier molecular flexibility index (Phi) is 3.78. The Morgan fingerprint density at radius 3 is 2.45 bits per heavy atom. The topological polar surface area (TPSA) is 44.9 Å². The minimum Gasteiger partial charge on any atom is -0.457 e. The number of hydrogen-bond acceptors (Lipinski definition) is 3. The van der Waals surface area contributed by atoms with Crippen molar-refractivity contribution in [2.75, 3.05) is 0 Å². The summed E-state index contributed by atoms with van der Waals surface area (Å²) in [6.07, 6.45) is 7.30. The molecule has 0 aliphatic rings. The third kappa shape index (κ3) is 2.79. The molecule has 0 aliphatic carbocycles. The van der Waals surface area contributed by atoms with E-state index in [1.807, 2.05) is 59.4 Å². The van der Waals surface area contributed by atoms with Crippen LogP contribution in [0.2, 0.25) is 0 Å². The highest BCUT2D eigenvalue weighted by molar-refractivity contribution is 6.24. The van der Waals surface area contributed by atoms with Gasteiger partial charge >= 0.3 is 0 Å². The molecular weight excluding hydrogens is 408 g/mol. The van der Waals surface area contributed by atoms with Gasteiger partial charge in [0.15, 0.2) is 0 Å². The lowest BCUT2D eigenvalue weighted by molar-refractivity contribution is 0.483. The molecule has 0 atom stereocenters. The zero-order valence-electron chi connectivity index (χ0n) is 17.6. The van der Waals surface area contributed by atoms with Crippen LogP contribution in [-0.2, 0) is 0 Å². The number of imidazole rings is 1.